The summed E-state index contributed by atoms with van der Waals surface area (Å²) in [5.74, 6) is 2.14. The number of hydrogen-bond acceptors (Lipinski definition) is 5. The fraction of sp³-hybridized carbons (Fsp3) is 0.467. The zero-order valence-electron chi connectivity index (χ0n) is 12.5. The Labute approximate surface area is 119 Å². The predicted molar refractivity (Wildman–Crippen MR) is 76.4 cm³/mol. The molecule has 0 amide bonds. The maximum absolute atomic E-state index is 5.70. The average molecular weight is 275 g/mol. The van der Waals surface area contributed by atoms with E-state index in [0.717, 1.165) is 12.3 Å². The van der Waals surface area contributed by atoms with Crippen LogP contribution >= 0.6 is 0 Å². The van der Waals surface area contributed by atoms with Crippen LogP contribution in [0, 0.1) is 6.92 Å². The van der Waals surface area contributed by atoms with Crippen molar-refractivity contribution in [3.63, 3.8) is 0 Å². The van der Waals surface area contributed by atoms with Crippen LogP contribution in [-0.2, 0) is 13.1 Å². The Kier molecular flexibility index (Phi) is 4.74. The van der Waals surface area contributed by atoms with E-state index < -0.39 is 0 Å². The zero-order chi connectivity index (χ0) is 14.5. The monoisotopic (exact) mass is 275 g/mol. The van der Waals surface area contributed by atoms with Gasteiger partial charge in [-0.25, -0.2) is 0 Å². The van der Waals surface area contributed by atoms with Crippen LogP contribution in [0.4, 0.5) is 0 Å². The molecule has 0 fully saturated rings. The lowest BCUT2D eigenvalue weighted by Crippen LogP contribution is -2.17. The van der Waals surface area contributed by atoms with Crippen LogP contribution in [0.3, 0.4) is 0 Å². The lowest BCUT2D eigenvalue weighted by Gasteiger charge is -2.16. The smallest absolute Gasteiger partial charge is 0.230 e. The van der Waals surface area contributed by atoms with Gasteiger partial charge in [-0.15, -0.1) is 10.2 Å². The van der Waals surface area contributed by atoms with Crippen molar-refractivity contribution in [2.75, 3.05) is 7.05 Å². The van der Waals surface area contributed by atoms with E-state index in [-0.39, 0.29) is 6.10 Å². The molecule has 1 aromatic carbocycles. The van der Waals surface area contributed by atoms with E-state index in [0.29, 0.717) is 18.3 Å². The molecule has 0 atom stereocenters. The molecular weight excluding hydrogens is 254 g/mol. The van der Waals surface area contributed by atoms with Gasteiger partial charge in [-0.2, -0.15) is 0 Å². The van der Waals surface area contributed by atoms with Crippen LogP contribution in [-0.4, -0.2) is 28.2 Å². The number of aryl methyl sites for hydroxylation is 1. The number of rotatable bonds is 6. The van der Waals surface area contributed by atoms with E-state index in [2.05, 4.69) is 27.2 Å². The second-order valence-corrected chi connectivity index (χ2v) is 5.20. The van der Waals surface area contributed by atoms with Gasteiger partial charge in [0.05, 0.1) is 12.6 Å². The molecule has 0 aliphatic heterocycles. The van der Waals surface area contributed by atoms with Gasteiger partial charge in [0.2, 0.25) is 11.8 Å². The van der Waals surface area contributed by atoms with Crippen LogP contribution in [0.25, 0.3) is 0 Å². The highest BCUT2D eigenvalue weighted by Crippen LogP contribution is 2.16. The Hall–Kier alpha value is -1.88. The summed E-state index contributed by atoms with van der Waals surface area (Å²) in [4.78, 5) is 2.13. The Morgan fingerprint density at radius 3 is 2.70 bits per heavy atom. The Morgan fingerprint density at radius 1 is 1.25 bits per heavy atom. The summed E-state index contributed by atoms with van der Waals surface area (Å²) in [6.45, 7) is 7.28. The number of aromatic nitrogens is 2. The summed E-state index contributed by atoms with van der Waals surface area (Å²) in [6, 6.07) is 8.14. The molecule has 0 saturated carbocycles. The molecule has 5 nitrogen and oxygen atoms in total. The van der Waals surface area contributed by atoms with Gasteiger partial charge in [0.15, 0.2) is 0 Å². The quantitative estimate of drug-likeness (QED) is 0.811. The lowest BCUT2D eigenvalue weighted by atomic mass is 10.2. The van der Waals surface area contributed by atoms with Gasteiger partial charge in [-0.05, 0) is 38.6 Å². The highest BCUT2D eigenvalue weighted by molar-refractivity contribution is 5.28. The van der Waals surface area contributed by atoms with E-state index in [1.165, 1.54) is 5.56 Å². The van der Waals surface area contributed by atoms with E-state index in [1.54, 1.807) is 6.92 Å². The van der Waals surface area contributed by atoms with E-state index in [9.17, 15) is 0 Å². The fourth-order valence-electron chi connectivity index (χ4n) is 1.99. The normalized spacial score (nSPS) is 11.3. The van der Waals surface area contributed by atoms with Gasteiger partial charge in [-0.1, -0.05) is 12.1 Å². The number of nitrogens with zero attached hydrogens (tertiary/aromatic N) is 3. The third kappa shape index (κ3) is 4.35. The molecule has 108 valence electrons. The molecule has 0 radical (unpaired) electrons. The topological polar surface area (TPSA) is 51.4 Å². The summed E-state index contributed by atoms with van der Waals surface area (Å²) in [5.41, 5.74) is 1.20. The van der Waals surface area contributed by atoms with Crippen LogP contribution in [0.1, 0.15) is 31.2 Å². The van der Waals surface area contributed by atoms with Crippen molar-refractivity contribution >= 4 is 0 Å². The molecule has 5 heteroatoms. The van der Waals surface area contributed by atoms with Gasteiger partial charge in [0.1, 0.15) is 5.75 Å². The predicted octanol–water partition coefficient (Wildman–Crippen LogP) is 2.80. The first-order valence-corrected chi connectivity index (χ1v) is 6.76. The van der Waals surface area contributed by atoms with Gasteiger partial charge in [0.25, 0.3) is 0 Å². The number of hydrogen-bond donors (Lipinski definition) is 0. The second kappa shape index (κ2) is 6.52. The summed E-state index contributed by atoms with van der Waals surface area (Å²) < 4.78 is 11.1. The van der Waals surface area contributed by atoms with E-state index in [1.807, 2.05) is 33.0 Å². The maximum atomic E-state index is 5.70. The SMILES string of the molecule is Cc1nnc(CN(C)Cc2cccc(OC(C)C)c2)o1. The molecular formula is C15H21N3O2. The third-order valence-corrected chi connectivity index (χ3v) is 2.70. The lowest BCUT2D eigenvalue weighted by molar-refractivity contribution is 0.241. The van der Waals surface area contributed by atoms with Crippen molar-refractivity contribution in [2.45, 2.75) is 40.0 Å². The minimum Gasteiger partial charge on any atom is -0.491 e. The Balaban J connectivity index is 1.95. The molecule has 0 saturated heterocycles. The molecule has 2 rings (SSSR count). The largest absolute Gasteiger partial charge is 0.491 e. The number of benzene rings is 1. The molecule has 2 aromatic rings. The zero-order valence-corrected chi connectivity index (χ0v) is 12.5. The molecule has 20 heavy (non-hydrogen) atoms. The van der Waals surface area contributed by atoms with Gasteiger partial charge in [-0.3, -0.25) is 4.90 Å². The Bertz CT molecular complexity index is 552. The van der Waals surface area contributed by atoms with Crippen LogP contribution < -0.4 is 4.74 Å². The third-order valence-electron chi connectivity index (χ3n) is 2.70. The minimum absolute atomic E-state index is 0.185. The molecule has 1 aromatic heterocycles. The maximum Gasteiger partial charge on any atom is 0.230 e. The van der Waals surface area contributed by atoms with Crippen molar-refractivity contribution in [3.8, 4) is 5.75 Å². The van der Waals surface area contributed by atoms with Crippen LogP contribution in [0.2, 0.25) is 0 Å². The molecule has 0 unspecified atom stereocenters. The highest BCUT2D eigenvalue weighted by Gasteiger charge is 2.08. The molecule has 0 bridgehead atoms. The van der Waals surface area contributed by atoms with E-state index in [4.69, 9.17) is 9.15 Å². The average Bonchev–Trinajstić information content (AvgIpc) is 2.74. The van der Waals surface area contributed by atoms with Crippen molar-refractivity contribution in [3.05, 3.63) is 41.6 Å². The fourth-order valence-corrected chi connectivity index (χ4v) is 1.99. The van der Waals surface area contributed by atoms with Gasteiger partial charge < -0.3 is 9.15 Å². The summed E-state index contributed by atoms with van der Waals surface area (Å²) in [6.07, 6.45) is 0.185. The van der Waals surface area contributed by atoms with Crippen molar-refractivity contribution < 1.29 is 9.15 Å². The van der Waals surface area contributed by atoms with Crippen molar-refractivity contribution in [1.29, 1.82) is 0 Å². The second-order valence-electron chi connectivity index (χ2n) is 5.20. The highest BCUT2D eigenvalue weighted by atomic mass is 16.5. The van der Waals surface area contributed by atoms with Crippen LogP contribution in [0.15, 0.2) is 28.7 Å². The first kappa shape index (κ1) is 14.5. The Morgan fingerprint density at radius 2 is 2.05 bits per heavy atom. The standard InChI is InChI=1S/C15H21N3O2/c1-11(2)19-14-7-5-6-13(8-14)9-18(4)10-15-17-16-12(3)20-15/h5-8,11H,9-10H2,1-4H3. The molecule has 1 heterocycles. The van der Waals surface area contributed by atoms with E-state index >= 15 is 0 Å². The van der Waals surface area contributed by atoms with Crippen LogP contribution in [0.5, 0.6) is 5.75 Å². The van der Waals surface area contributed by atoms with Crippen molar-refractivity contribution in [1.82, 2.24) is 15.1 Å². The first-order valence-electron chi connectivity index (χ1n) is 6.76. The van der Waals surface area contributed by atoms with Gasteiger partial charge >= 0.3 is 0 Å². The molecule has 0 N–H and O–H groups in total. The summed E-state index contributed by atoms with van der Waals surface area (Å²) in [5, 5.41) is 7.83. The minimum atomic E-state index is 0.185. The summed E-state index contributed by atoms with van der Waals surface area (Å²) in [7, 11) is 2.02. The first-order chi connectivity index (χ1) is 9.52. The molecule has 0 aliphatic rings. The summed E-state index contributed by atoms with van der Waals surface area (Å²) >= 11 is 0. The molecule has 0 spiro atoms. The molecule has 0 aliphatic carbocycles. The number of ether oxygens (including phenoxy) is 1. The van der Waals surface area contributed by atoms with Gasteiger partial charge in [0, 0.05) is 13.5 Å². The van der Waals surface area contributed by atoms with Crippen molar-refractivity contribution in [2.24, 2.45) is 0 Å².